The van der Waals surface area contributed by atoms with Crippen molar-refractivity contribution in [1.29, 1.82) is 0 Å². The van der Waals surface area contributed by atoms with Crippen molar-refractivity contribution in [3.63, 3.8) is 0 Å². The van der Waals surface area contributed by atoms with Crippen molar-refractivity contribution in [3.8, 4) is 0 Å². The average molecular weight is 212 g/mol. The Balaban J connectivity index is 2.30. The molecule has 2 rings (SSSR count). The van der Waals surface area contributed by atoms with E-state index in [-0.39, 0.29) is 9.45 Å². The zero-order chi connectivity index (χ0) is 9.26. The summed E-state index contributed by atoms with van der Waals surface area (Å²) < 4.78 is 0. The Morgan fingerprint density at radius 3 is 3.08 bits per heavy atom. The number of rotatable bonds is 1. The summed E-state index contributed by atoms with van der Waals surface area (Å²) in [5.41, 5.74) is 1.28. The maximum Gasteiger partial charge on any atom is 0.0522 e. The fourth-order valence-corrected chi connectivity index (χ4v) is 4.26. The van der Waals surface area contributed by atoms with Gasteiger partial charge in [-0.15, -0.1) is 0 Å². The molecular formula is C9H12N2S2. The monoisotopic (exact) mass is 212 g/mol. The maximum atomic E-state index is 5.42. The summed E-state index contributed by atoms with van der Waals surface area (Å²) in [6, 6.07) is 4.59. The summed E-state index contributed by atoms with van der Waals surface area (Å²) in [5.74, 6) is 0.968. The standard InChI is InChI=1S/C9H12N2S2/c1-7-9(13(12)6-11-7)8-3-2-4-10-5-8/h2-5,7,9,11H,6H2,1H3. The Kier molecular flexibility index (Phi) is 2.71. The molecule has 0 aromatic carbocycles. The van der Waals surface area contributed by atoms with Crippen LogP contribution in [0.15, 0.2) is 24.5 Å². The van der Waals surface area contributed by atoms with E-state index >= 15 is 0 Å². The minimum absolute atomic E-state index is 0.0405. The summed E-state index contributed by atoms with van der Waals surface area (Å²) in [4.78, 5) is 4.13. The van der Waals surface area contributed by atoms with Crippen LogP contribution in [0.3, 0.4) is 0 Å². The highest BCUT2D eigenvalue weighted by molar-refractivity contribution is 8.29. The van der Waals surface area contributed by atoms with E-state index in [1.807, 2.05) is 12.3 Å². The van der Waals surface area contributed by atoms with E-state index in [0.29, 0.717) is 11.3 Å². The second-order valence-corrected chi connectivity index (χ2v) is 6.07. The lowest BCUT2D eigenvalue weighted by molar-refractivity contribution is 0.619. The maximum absolute atomic E-state index is 5.42. The zero-order valence-corrected chi connectivity index (χ0v) is 9.07. The highest BCUT2D eigenvalue weighted by atomic mass is 32.8. The zero-order valence-electron chi connectivity index (χ0n) is 7.43. The predicted octanol–water partition coefficient (Wildman–Crippen LogP) is 1.15. The highest BCUT2D eigenvalue weighted by Crippen LogP contribution is 2.27. The van der Waals surface area contributed by atoms with Gasteiger partial charge in [0.25, 0.3) is 0 Å². The Bertz CT molecular complexity index is 313. The third kappa shape index (κ3) is 1.80. The molecule has 0 radical (unpaired) electrons. The molecule has 2 nitrogen and oxygen atoms in total. The molecule has 4 heteroatoms. The Morgan fingerprint density at radius 2 is 2.54 bits per heavy atom. The average Bonchev–Trinajstić information content (AvgIpc) is 2.48. The summed E-state index contributed by atoms with van der Waals surface area (Å²) >= 11 is 5.42. The second-order valence-electron chi connectivity index (χ2n) is 3.22. The molecule has 0 amide bonds. The molecule has 1 fully saturated rings. The van der Waals surface area contributed by atoms with Crippen molar-refractivity contribution in [2.75, 3.05) is 5.88 Å². The third-order valence-corrected chi connectivity index (χ3v) is 4.97. The van der Waals surface area contributed by atoms with Crippen LogP contribution in [0.25, 0.3) is 0 Å². The molecule has 0 saturated carbocycles. The number of hydrogen-bond acceptors (Lipinski definition) is 3. The molecule has 1 aliphatic heterocycles. The van der Waals surface area contributed by atoms with Crippen molar-refractivity contribution < 1.29 is 0 Å². The Hall–Kier alpha value is -0.320. The van der Waals surface area contributed by atoms with Crippen molar-refractivity contribution in [3.05, 3.63) is 30.1 Å². The molecule has 3 atom stereocenters. The number of pyridine rings is 1. The molecule has 1 N–H and O–H groups in total. The first kappa shape index (κ1) is 9.24. The van der Waals surface area contributed by atoms with E-state index in [4.69, 9.17) is 11.2 Å². The van der Waals surface area contributed by atoms with Gasteiger partial charge in [0.05, 0.1) is 5.25 Å². The van der Waals surface area contributed by atoms with E-state index in [2.05, 4.69) is 23.3 Å². The van der Waals surface area contributed by atoms with Crippen molar-refractivity contribution in [2.45, 2.75) is 18.2 Å². The lowest BCUT2D eigenvalue weighted by atomic mass is 10.1. The second kappa shape index (κ2) is 3.82. The van der Waals surface area contributed by atoms with Crippen LogP contribution < -0.4 is 5.32 Å². The van der Waals surface area contributed by atoms with Crippen LogP contribution in [0.4, 0.5) is 0 Å². The summed E-state index contributed by atoms with van der Waals surface area (Å²) in [6.45, 7) is 2.19. The first-order chi connectivity index (χ1) is 6.29. The van der Waals surface area contributed by atoms with Gasteiger partial charge in [0, 0.05) is 24.3 Å². The van der Waals surface area contributed by atoms with E-state index in [9.17, 15) is 0 Å². The van der Waals surface area contributed by atoms with Crippen molar-refractivity contribution >= 4 is 20.6 Å². The summed E-state index contributed by atoms with van der Waals surface area (Å²) in [5, 5.41) is 3.87. The van der Waals surface area contributed by atoms with Gasteiger partial charge in [-0.25, -0.2) is 0 Å². The van der Waals surface area contributed by atoms with Crippen LogP contribution >= 0.6 is 0 Å². The van der Waals surface area contributed by atoms with E-state index in [0.717, 1.165) is 5.88 Å². The van der Waals surface area contributed by atoms with Gasteiger partial charge < -0.3 is 5.32 Å². The first-order valence-corrected chi connectivity index (χ1v) is 6.68. The van der Waals surface area contributed by atoms with Crippen LogP contribution in [0.5, 0.6) is 0 Å². The molecule has 0 bridgehead atoms. The molecule has 0 spiro atoms. The fraction of sp³-hybridized carbons (Fsp3) is 0.444. The predicted molar refractivity (Wildman–Crippen MR) is 59.2 cm³/mol. The van der Waals surface area contributed by atoms with Crippen LogP contribution in [0.2, 0.25) is 0 Å². The Morgan fingerprint density at radius 1 is 1.69 bits per heavy atom. The molecule has 1 aliphatic rings. The van der Waals surface area contributed by atoms with Gasteiger partial charge in [-0.3, -0.25) is 4.98 Å². The molecular weight excluding hydrogens is 200 g/mol. The fourth-order valence-electron chi connectivity index (χ4n) is 1.62. The first-order valence-electron chi connectivity index (χ1n) is 4.29. The Labute approximate surface area is 85.4 Å². The number of nitrogens with zero attached hydrogens (tertiary/aromatic N) is 1. The van der Waals surface area contributed by atoms with Crippen LogP contribution in [0.1, 0.15) is 17.7 Å². The van der Waals surface area contributed by atoms with Gasteiger partial charge in [-0.1, -0.05) is 15.5 Å². The number of hydrogen-bond donors (Lipinski definition) is 1. The molecule has 2 heterocycles. The largest absolute Gasteiger partial charge is 0.304 e. The van der Waals surface area contributed by atoms with Gasteiger partial charge in [-0.2, -0.15) is 0 Å². The third-order valence-electron chi connectivity index (χ3n) is 2.30. The highest BCUT2D eigenvalue weighted by Gasteiger charge is 2.28. The van der Waals surface area contributed by atoms with Crippen LogP contribution in [0, 0.1) is 0 Å². The molecule has 70 valence electrons. The summed E-state index contributed by atoms with van der Waals surface area (Å²) in [7, 11) is 0.0405. The van der Waals surface area contributed by atoms with Gasteiger partial charge >= 0.3 is 0 Å². The minimum Gasteiger partial charge on any atom is -0.304 e. The quantitative estimate of drug-likeness (QED) is 0.756. The van der Waals surface area contributed by atoms with Gasteiger partial charge in [-0.05, 0) is 29.7 Å². The van der Waals surface area contributed by atoms with Crippen LogP contribution in [-0.4, -0.2) is 16.9 Å². The molecule has 0 aliphatic carbocycles. The normalized spacial score (nSPS) is 33.5. The van der Waals surface area contributed by atoms with Crippen LogP contribution in [-0.2, 0) is 20.6 Å². The molecule has 3 unspecified atom stereocenters. The van der Waals surface area contributed by atoms with Gasteiger partial charge in [0.1, 0.15) is 0 Å². The number of aromatic nitrogens is 1. The molecule has 1 saturated heterocycles. The topological polar surface area (TPSA) is 24.9 Å². The van der Waals surface area contributed by atoms with E-state index in [1.165, 1.54) is 5.56 Å². The van der Waals surface area contributed by atoms with E-state index in [1.54, 1.807) is 6.20 Å². The van der Waals surface area contributed by atoms with Crippen molar-refractivity contribution in [1.82, 2.24) is 10.3 Å². The molecule has 1 aromatic heterocycles. The SMILES string of the molecule is CC1NCS(=S)C1c1cccnc1. The lowest BCUT2D eigenvalue weighted by Gasteiger charge is -2.14. The number of nitrogens with one attached hydrogen (secondary N) is 1. The minimum atomic E-state index is 0.0405. The summed E-state index contributed by atoms with van der Waals surface area (Å²) in [6.07, 6.45) is 3.73. The smallest absolute Gasteiger partial charge is 0.0522 e. The molecule has 13 heavy (non-hydrogen) atoms. The van der Waals surface area contributed by atoms with E-state index < -0.39 is 0 Å². The lowest BCUT2D eigenvalue weighted by Crippen LogP contribution is -2.21. The van der Waals surface area contributed by atoms with Crippen molar-refractivity contribution in [2.24, 2.45) is 0 Å². The molecule has 1 aromatic rings. The van der Waals surface area contributed by atoms with Gasteiger partial charge in [0.15, 0.2) is 0 Å². The van der Waals surface area contributed by atoms with Gasteiger partial charge in [0.2, 0.25) is 0 Å².